The Bertz CT molecular complexity index is 752. The number of ether oxygens (including phenoxy) is 2. The van der Waals surface area contributed by atoms with Crippen molar-refractivity contribution in [3.05, 3.63) is 47.5 Å². The Morgan fingerprint density at radius 1 is 1.20 bits per heavy atom. The lowest BCUT2D eigenvalue weighted by molar-refractivity contribution is -0.163. The van der Waals surface area contributed by atoms with Crippen LogP contribution in [0.2, 0.25) is 0 Å². The molecule has 0 unspecified atom stereocenters. The first-order valence-electron chi connectivity index (χ1n) is 8.67. The molecule has 0 saturated carbocycles. The van der Waals surface area contributed by atoms with Gasteiger partial charge in [-0.3, -0.25) is 9.59 Å². The number of Topliss-reactive ketones (excluding diaryl/α,β-unsaturated/α-hetero) is 1. The van der Waals surface area contributed by atoms with Gasteiger partial charge >= 0.3 is 5.97 Å². The van der Waals surface area contributed by atoms with Crippen molar-refractivity contribution in [2.45, 2.75) is 39.2 Å². The molecule has 0 aromatic heterocycles. The molecule has 0 fully saturated rings. The van der Waals surface area contributed by atoms with E-state index in [1.165, 1.54) is 0 Å². The van der Waals surface area contributed by atoms with Crippen LogP contribution in [0.25, 0.3) is 0 Å². The number of rotatable bonds is 4. The highest BCUT2D eigenvalue weighted by Gasteiger charge is 2.69. The first kappa shape index (κ1) is 17.4. The molecule has 25 heavy (non-hydrogen) atoms. The minimum Gasteiger partial charge on any atom is -0.476 e. The number of nitrogens with zero attached hydrogens (tertiary/aromatic N) is 1. The van der Waals surface area contributed by atoms with Crippen molar-refractivity contribution in [3.63, 3.8) is 0 Å². The van der Waals surface area contributed by atoms with Crippen molar-refractivity contribution < 1.29 is 19.1 Å². The zero-order valence-corrected chi connectivity index (χ0v) is 14.9. The number of carbonyl (C=O) groups is 2. The van der Waals surface area contributed by atoms with Crippen molar-refractivity contribution in [1.29, 1.82) is 0 Å². The van der Waals surface area contributed by atoms with E-state index in [0.29, 0.717) is 19.4 Å². The van der Waals surface area contributed by atoms with Crippen LogP contribution in [0.15, 0.2) is 47.0 Å². The van der Waals surface area contributed by atoms with Crippen LogP contribution in [0.5, 0.6) is 0 Å². The van der Waals surface area contributed by atoms with Gasteiger partial charge in [-0.05, 0) is 39.2 Å². The number of ketones is 1. The molecular weight excluding hydrogens is 318 g/mol. The molecule has 2 atom stereocenters. The van der Waals surface area contributed by atoms with E-state index < -0.39 is 16.9 Å². The van der Waals surface area contributed by atoms with Crippen LogP contribution in [0, 0.1) is 5.41 Å². The second-order valence-corrected chi connectivity index (χ2v) is 6.46. The van der Waals surface area contributed by atoms with Gasteiger partial charge in [0, 0.05) is 0 Å². The van der Waals surface area contributed by atoms with Gasteiger partial charge in [0.2, 0.25) is 5.78 Å². The molecule has 1 aromatic carbocycles. The molecule has 0 bridgehead atoms. The molecule has 0 spiro atoms. The van der Waals surface area contributed by atoms with Gasteiger partial charge in [-0.2, -0.15) is 0 Å². The van der Waals surface area contributed by atoms with Crippen molar-refractivity contribution in [2.24, 2.45) is 10.4 Å². The molecule has 0 saturated heterocycles. The van der Waals surface area contributed by atoms with Crippen LogP contribution in [0.1, 0.15) is 39.2 Å². The van der Waals surface area contributed by atoms with Crippen LogP contribution >= 0.6 is 0 Å². The highest BCUT2D eigenvalue weighted by Crippen LogP contribution is 2.57. The number of hydrogen-bond acceptors (Lipinski definition) is 5. The lowest BCUT2D eigenvalue weighted by atomic mass is 9.58. The molecule has 5 nitrogen and oxygen atoms in total. The Kier molecular flexibility index (Phi) is 4.50. The van der Waals surface area contributed by atoms with Gasteiger partial charge in [0.25, 0.3) is 5.90 Å². The largest absolute Gasteiger partial charge is 0.476 e. The van der Waals surface area contributed by atoms with E-state index >= 15 is 0 Å². The summed E-state index contributed by atoms with van der Waals surface area (Å²) in [5.74, 6) is -0.860. The predicted molar refractivity (Wildman–Crippen MR) is 94.2 cm³/mol. The SMILES string of the molecule is CCOC(=O)[C@]12CC(C)=CC[C@@]1(c1ccccc1)N=C(OCC)C2=O. The van der Waals surface area contributed by atoms with Crippen LogP contribution in [0.3, 0.4) is 0 Å². The third-order valence-corrected chi connectivity index (χ3v) is 5.03. The number of esters is 1. The molecule has 132 valence electrons. The predicted octanol–water partition coefficient (Wildman–Crippen LogP) is 3.19. The van der Waals surface area contributed by atoms with Crippen molar-refractivity contribution in [3.8, 4) is 0 Å². The van der Waals surface area contributed by atoms with E-state index in [-0.39, 0.29) is 18.3 Å². The van der Waals surface area contributed by atoms with Gasteiger partial charge in [0.15, 0.2) is 5.41 Å². The molecule has 3 rings (SSSR count). The Balaban J connectivity index is 2.27. The maximum Gasteiger partial charge on any atom is 0.323 e. The average Bonchev–Trinajstić information content (AvgIpc) is 2.87. The normalized spacial score (nSPS) is 28.0. The summed E-state index contributed by atoms with van der Waals surface area (Å²) in [5.41, 5.74) is -0.592. The average molecular weight is 341 g/mol. The van der Waals surface area contributed by atoms with E-state index in [9.17, 15) is 9.59 Å². The zero-order chi connectivity index (χ0) is 18.1. The highest BCUT2D eigenvalue weighted by molar-refractivity contribution is 6.44. The number of fused-ring (bicyclic) bond motifs is 1. The first-order valence-corrected chi connectivity index (χ1v) is 8.67. The topological polar surface area (TPSA) is 65.0 Å². The van der Waals surface area contributed by atoms with Crippen LogP contribution in [-0.4, -0.2) is 30.9 Å². The van der Waals surface area contributed by atoms with Crippen molar-refractivity contribution >= 4 is 17.7 Å². The van der Waals surface area contributed by atoms with E-state index in [2.05, 4.69) is 6.08 Å². The minimum absolute atomic E-state index is 0.0301. The van der Waals surface area contributed by atoms with E-state index in [4.69, 9.17) is 14.5 Å². The van der Waals surface area contributed by atoms with Gasteiger partial charge < -0.3 is 9.47 Å². The summed E-state index contributed by atoms with van der Waals surface area (Å²) < 4.78 is 10.9. The van der Waals surface area contributed by atoms with Gasteiger partial charge in [-0.15, -0.1) is 0 Å². The summed E-state index contributed by atoms with van der Waals surface area (Å²) in [5, 5.41) is 0. The number of hydrogen-bond donors (Lipinski definition) is 0. The van der Waals surface area contributed by atoms with E-state index in [0.717, 1.165) is 11.1 Å². The standard InChI is InChI=1S/C20H23NO4/c1-4-24-17-16(22)19(18(23)25-5-2)13-14(3)11-12-20(19,21-17)15-9-7-6-8-10-15/h6-11H,4-5,12-13H2,1-3H3/t19-,20+/m1/s1. The van der Waals surface area contributed by atoms with Gasteiger partial charge in [-0.1, -0.05) is 42.0 Å². The molecule has 1 aliphatic carbocycles. The Morgan fingerprint density at radius 3 is 2.56 bits per heavy atom. The summed E-state index contributed by atoms with van der Waals surface area (Å²) in [7, 11) is 0. The molecule has 5 heteroatoms. The summed E-state index contributed by atoms with van der Waals surface area (Å²) in [6.07, 6.45) is 2.81. The Labute approximate surface area is 147 Å². The summed E-state index contributed by atoms with van der Waals surface area (Å²) in [6, 6.07) is 9.51. The third-order valence-electron chi connectivity index (χ3n) is 5.03. The summed E-state index contributed by atoms with van der Waals surface area (Å²) in [4.78, 5) is 31.1. The van der Waals surface area contributed by atoms with Gasteiger partial charge in [0.1, 0.15) is 5.54 Å². The smallest absolute Gasteiger partial charge is 0.323 e. The van der Waals surface area contributed by atoms with Gasteiger partial charge in [0.05, 0.1) is 13.2 Å². The van der Waals surface area contributed by atoms with Crippen LogP contribution in [-0.2, 0) is 24.6 Å². The zero-order valence-electron chi connectivity index (χ0n) is 14.9. The highest BCUT2D eigenvalue weighted by atomic mass is 16.5. The maximum absolute atomic E-state index is 13.3. The molecular formula is C20H23NO4. The third kappa shape index (κ3) is 2.41. The number of carbonyl (C=O) groups excluding carboxylic acids is 2. The van der Waals surface area contributed by atoms with Crippen LogP contribution in [0.4, 0.5) is 0 Å². The quantitative estimate of drug-likeness (QED) is 0.479. The lowest BCUT2D eigenvalue weighted by Crippen LogP contribution is -2.54. The number of benzene rings is 1. The molecule has 1 heterocycles. The molecule has 1 aliphatic heterocycles. The van der Waals surface area contributed by atoms with E-state index in [1.54, 1.807) is 13.8 Å². The maximum atomic E-state index is 13.3. The lowest BCUT2D eigenvalue weighted by Gasteiger charge is -2.43. The summed E-state index contributed by atoms with van der Waals surface area (Å²) in [6.45, 7) is 6.01. The second kappa shape index (κ2) is 6.47. The molecule has 0 N–H and O–H groups in total. The molecule has 1 aromatic rings. The Morgan fingerprint density at radius 2 is 1.92 bits per heavy atom. The molecule has 0 amide bonds. The molecule has 0 radical (unpaired) electrons. The fraction of sp³-hybridized carbons (Fsp3) is 0.450. The monoisotopic (exact) mass is 341 g/mol. The van der Waals surface area contributed by atoms with Crippen LogP contribution < -0.4 is 0 Å². The first-order chi connectivity index (χ1) is 12.0. The second-order valence-electron chi connectivity index (χ2n) is 6.46. The van der Waals surface area contributed by atoms with Gasteiger partial charge in [-0.25, -0.2) is 4.99 Å². The fourth-order valence-electron chi connectivity index (χ4n) is 3.91. The number of allylic oxidation sites excluding steroid dienone is 1. The fourth-order valence-corrected chi connectivity index (χ4v) is 3.91. The van der Waals surface area contributed by atoms with Crippen molar-refractivity contribution in [1.82, 2.24) is 0 Å². The summed E-state index contributed by atoms with van der Waals surface area (Å²) >= 11 is 0. The van der Waals surface area contributed by atoms with Crippen molar-refractivity contribution in [2.75, 3.05) is 13.2 Å². The Hall–Kier alpha value is -2.43. The molecule has 2 aliphatic rings. The van der Waals surface area contributed by atoms with E-state index in [1.807, 2.05) is 37.3 Å². The number of aliphatic imine (C=N–C) groups is 1. The minimum atomic E-state index is -1.40.